The van der Waals surface area contributed by atoms with E-state index in [4.69, 9.17) is 4.74 Å². The number of hydrogen-bond acceptors (Lipinski definition) is 5. The fraction of sp³-hybridized carbons (Fsp3) is 0.318. The first-order chi connectivity index (χ1) is 14.3. The molecule has 0 bridgehead atoms. The van der Waals surface area contributed by atoms with E-state index in [1.807, 2.05) is 30.3 Å². The Morgan fingerprint density at radius 3 is 2.33 bits per heavy atom. The van der Waals surface area contributed by atoms with Gasteiger partial charge in [0.05, 0.1) is 5.75 Å². The maximum absolute atomic E-state index is 12.9. The zero-order valence-corrected chi connectivity index (χ0v) is 17.9. The number of anilines is 1. The third-order valence-electron chi connectivity index (χ3n) is 4.20. The number of hydrogen-bond donors (Lipinski definition) is 1. The number of rotatable bonds is 9. The van der Waals surface area contributed by atoms with Crippen molar-refractivity contribution in [3.63, 3.8) is 0 Å². The van der Waals surface area contributed by atoms with Gasteiger partial charge in [-0.2, -0.15) is 0 Å². The van der Waals surface area contributed by atoms with Crippen molar-refractivity contribution in [2.75, 3.05) is 18.1 Å². The molecule has 2 aromatic rings. The Kier molecular flexibility index (Phi) is 8.86. The standard InChI is InChI=1S/C22H25FN2O4S/c1-15(21(27)25(3)13-17-7-5-4-6-8-17)29-22(28)16(2)30-14-20(26)24-19-11-9-18(23)10-12-19/h4-12,15-16H,13-14H2,1-3H3,(H,24,26). The van der Waals surface area contributed by atoms with Gasteiger partial charge in [-0.05, 0) is 43.7 Å². The van der Waals surface area contributed by atoms with E-state index in [2.05, 4.69) is 5.32 Å². The van der Waals surface area contributed by atoms with Crippen LogP contribution in [0.25, 0.3) is 0 Å². The van der Waals surface area contributed by atoms with Crippen LogP contribution < -0.4 is 5.32 Å². The molecule has 2 amide bonds. The van der Waals surface area contributed by atoms with Crippen LogP contribution in [0, 0.1) is 5.82 Å². The van der Waals surface area contributed by atoms with Gasteiger partial charge in [0.2, 0.25) is 5.91 Å². The third-order valence-corrected chi connectivity index (χ3v) is 5.33. The van der Waals surface area contributed by atoms with Crippen LogP contribution in [-0.4, -0.2) is 46.8 Å². The average Bonchev–Trinajstić information content (AvgIpc) is 2.73. The molecular formula is C22H25FN2O4S. The Morgan fingerprint density at radius 1 is 1.07 bits per heavy atom. The summed E-state index contributed by atoms with van der Waals surface area (Å²) in [6, 6.07) is 14.9. The maximum atomic E-state index is 12.9. The maximum Gasteiger partial charge on any atom is 0.319 e. The fourth-order valence-electron chi connectivity index (χ4n) is 2.57. The summed E-state index contributed by atoms with van der Waals surface area (Å²) in [5, 5.41) is 1.99. The Morgan fingerprint density at radius 2 is 1.70 bits per heavy atom. The number of nitrogens with zero attached hydrogens (tertiary/aromatic N) is 1. The Balaban J connectivity index is 1.76. The molecule has 0 aliphatic heterocycles. The largest absolute Gasteiger partial charge is 0.452 e. The van der Waals surface area contributed by atoms with Crippen LogP contribution in [0.1, 0.15) is 19.4 Å². The molecule has 2 aromatic carbocycles. The van der Waals surface area contributed by atoms with E-state index in [0.717, 1.165) is 17.3 Å². The van der Waals surface area contributed by atoms with Crippen molar-refractivity contribution in [2.24, 2.45) is 0 Å². The van der Waals surface area contributed by atoms with E-state index in [1.165, 1.54) is 36.1 Å². The second-order valence-corrected chi connectivity index (χ2v) is 8.10. The molecule has 0 spiro atoms. The summed E-state index contributed by atoms with van der Waals surface area (Å²) < 4.78 is 18.2. The van der Waals surface area contributed by atoms with Crippen LogP contribution in [0.3, 0.4) is 0 Å². The number of ether oxygens (including phenoxy) is 1. The minimum Gasteiger partial charge on any atom is -0.452 e. The summed E-state index contributed by atoms with van der Waals surface area (Å²) in [7, 11) is 1.65. The van der Waals surface area contributed by atoms with Crippen molar-refractivity contribution in [1.29, 1.82) is 0 Å². The molecule has 0 heterocycles. The molecule has 1 N–H and O–H groups in total. The monoisotopic (exact) mass is 432 g/mol. The molecule has 8 heteroatoms. The number of thioether (sulfide) groups is 1. The molecule has 0 aliphatic carbocycles. The van der Waals surface area contributed by atoms with Gasteiger partial charge in [0.15, 0.2) is 6.10 Å². The molecular weight excluding hydrogens is 407 g/mol. The van der Waals surface area contributed by atoms with Crippen LogP contribution in [0.4, 0.5) is 10.1 Å². The number of benzene rings is 2. The zero-order valence-electron chi connectivity index (χ0n) is 17.1. The second-order valence-electron chi connectivity index (χ2n) is 6.77. The molecule has 0 saturated carbocycles. The van der Waals surface area contributed by atoms with Gasteiger partial charge in [-0.1, -0.05) is 30.3 Å². The van der Waals surface area contributed by atoms with Gasteiger partial charge in [-0.25, -0.2) is 4.39 Å². The van der Waals surface area contributed by atoms with E-state index in [-0.39, 0.29) is 17.6 Å². The molecule has 0 radical (unpaired) electrons. The molecule has 2 rings (SSSR count). The predicted molar refractivity (Wildman–Crippen MR) is 115 cm³/mol. The summed E-state index contributed by atoms with van der Waals surface area (Å²) in [5.74, 6) is -1.57. The van der Waals surface area contributed by atoms with Gasteiger partial charge in [-0.15, -0.1) is 11.8 Å². The molecule has 2 unspecified atom stereocenters. The van der Waals surface area contributed by atoms with E-state index in [1.54, 1.807) is 14.0 Å². The number of esters is 1. The molecule has 0 fully saturated rings. The van der Waals surface area contributed by atoms with E-state index in [0.29, 0.717) is 12.2 Å². The minimum absolute atomic E-state index is 0.0177. The van der Waals surface area contributed by atoms with Gasteiger partial charge in [0.25, 0.3) is 5.91 Å². The lowest BCUT2D eigenvalue weighted by Gasteiger charge is -2.22. The summed E-state index contributed by atoms with van der Waals surface area (Å²) in [4.78, 5) is 38.2. The zero-order chi connectivity index (χ0) is 22.1. The van der Waals surface area contributed by atoms with Crippen molar-refractivity contribution in [1.82, 2.24) is 4.90 Å². The van der Waals surface area contributed by atoms with Gasteiger partial charge in [-0.3, -0.25) is 14.4 Å². The first-order valence-corrected chi connectivity index (χ1v) is 10.5. The summed E-state index contributed by atoms with van der Waals surface area (Å²) in [6.45, 7) is 3.55. The highest BCUT2D eigenvalue weighted by Crippen LogP contribution is 2.15. The van der Waals surface area contributed by atoms with Crippen molar-refractivity contribution in [3.8, 4) is 0 Å². The average molecular weight is 433 g/mol. The van der Waals surface area contributed by atoms with E-state index >= 15 is 0 Å². The van der Waals surface area contributed by atoms with Gasteiger partial charge in [0, 0.05) is 19.3 Å². The van der Waals surface area contributed by atoms with Crippen LogP contribution in [-0.2, 0) is 25.7 Å². The van der Waals surface area contributed by atoms with Crippen molar-refractivity contribution in [3.05, 3.63) is 66.0 Å². The van der Waals surface area contributed by atoms with E-state index < -0.39 is 23.1 Å². The topological polar surface area (TPSA) is 75.7 Å². The first kappa shape index (κ1) is 23.4. The first-order valence-electron chi connectivity index (χ1n) is 9.42. The molecule has 160 valence electrons. The number of amides is 2. The SMILES string of the molecule is CC(OC(=O)C(C)SCC(=O)Nc1ccc(F)cc1)C(=O)N(C)Cc1ccccc1. The van der Waals surface area contributed by atoms with Crippen molar-refractivity contribution < 1.29 is 23.5 Å². The quantitative estimate of drug-likeness (QED) is 0.614. The summed E-state index contributed by atoms with van der Waals surface area (Å²) in [5.41, 5.74) is 1.45. The number of carbonyl (C=O) groups excluding carboxylic acids is 3. The summed E-state index contributed by atoms with van der Waals surface area (Å²) >= 11 is 1.09. The number of likely N-dealkylation sites (N-methyl/N-ethyl adjacent to an activating group) is 1. The van der Waals surface area contributed by atoms with Gasteiger partial charge in [0.1, 0.15) is 11.1 Å². The Hall–Kier alpha value is -2.87. The second kappa shape index (κ2) is 11.3. The number of nitrogens with one attached hydrogen (secondary N) is 1. The molecule has 0 saturated heterocycles. The lowest BCUT2D eigenvalue weighted by molar-refractivity contribution is -0.158. The molecule has 0 aliphatic rings. The molecule has 2 atom stereocenters. The molecule has 6 nitrogen and oxygen atoms in total. The smallest absolute Gasteiger partial charge is 0.319 e. The molecule has 0 aromatic heterocycles. The van der Waals surface area contributed by atoms with Gasteiger partial charge >= 0.3 is 5.97 Å². The number of carbonyl (C=O) groups is 3. The highest BCUT2D eigenvalue weighted by molar-refractivity contribution is 8.01. The highest BCUT2D eigenvalue weighted by Gasteiger charge is 2.25. The predicted octanol–water partition coefficient (Wildman–Crippen LogP) is 3.48. The van der Waals surface area contributed by atoms with Crippen LogP contribution in [0.15, 0.2) is 54.6 Å². The third kappa shape index (κ3) is 7.51. The highest BCUT2D eigenvalue weighted by atomic mass is 32.2. The van der Waals surface area contributed by atoms with Gasteiger partial charge < -0.3 is 15.0 Å². The van der Waals surface area contributed by atoms with Crippen LogP contribution >= 0.6 is 11.8 Å². The minimum atomic E-state index is -0.928. The normalized spacial score (nSPS) is 12.5. The van der Waals surface area contributed by atoms with E-state index in [9.17, 15) is 18.8 Å². The van der Waals surface area contributed by atoms with Crippen LogP contribution in [0.5, 0.6) is 0 Å². The molecule has 30 heavy (non-hydrogen) atoms. The number of halogens is 1. The van der Waals surface area contributed by atoms with Crippen molar-refractivity contribution >= 4 is 35.2 Å². The Labute approximate surface area is 179 Å². The fourth-order valence-corrected chi connectivity index (χ4v) is 3.23. The van der Waals surface area contributed by atoms with Crippen LogP contribution in [0.2, 0.25) is 0 Å². The summed E-state index contributed by atoms with van der Waals surface area (Å²) in [6.07, 6.45) is -0.928. The van der Waals surface area contributed by atoms with Crippen molar-refractivity contribution in [2.45, 2.75) is 31.7 Å². The lowest BCUT2D eigenvalue weighted by Crippen LogP contribution is -2.38. The Bertz CT molecular complexity index is 861. The lowest BCUT2D eigenvalue weighted by atomic mass is 10.2.